The number of rotatable bonds is 5. The lowest BCUT2D eigenvalue weighted by molar-refractivity contribution is -0.140. The molecule has 8 heteroatoms. The Bertz CT molecular complexity index is 757. The molecular formula is C16H18N4O3S. The van der Waals surface area contributed by atoms with Crippen molar-refractivity contribution in [3.63, 3.8) is 0 Å². The summed E-state index contributed by atoms with van der Waals surface area (Å²) in [4.78, 5) is 25.0. The molecule has 2 aromatic rings. The van der Waals surface area contributed by atoms with Gasteiger partial charge in [0.25, 0.3) is 0 Å². The Labute approximate surface area is 144 Å². The third-order valence-electron chi connectivity index (χ3n) is 3.88. The molecule has 2 heterocycles. The van der Waals surface area contributed by atoms with Gasteiger partial charge in [0, 0.05) is 25.6 Å². The highest BCUT2D eigenvalue weighted by Crippen LogP contribution is 2.25. The van der Waals surface area contributed by atoms with E-state index in [0.29, 0.717) is 23.9 Å². The van der Waals surface area contributed by atoms with Crippen molar-refractivity contribution in [1.82, 2.24) is 19.7 Å². The molecule has 2 amide bonds. The topological polar surface area (TPSA) is 77.3 Å². The molecular weight excluding hydrogens is 328 g/mol. The van der Waals surface area contributed by atoms with Crippen LogP contribution >= 0.6 is 11.8 Å². The summed E-state index contributed by atoms with van der Waals surface area (Å²) in [6.07, 6.45) is 1.21. The van der Waals surface area contributed by atoms with Gasteiger partial charge in [-0.1, -0.05) is 11.8 Å². The maximum absolute atomic E-state index is 12.1. The Morgan fingerprint density at radius 1 is 1.29 bits per heavy atom. The van der Waals surface area contributed by atoms with Gasteiger partial charge in [0.2, 0.25) is 11.8 Å². The number of aromatic nitrogens is 3. The van der Waals surface area contributed by atoms with E-state index in [4.69, 9.17) is 4.74 Å². The van der Waals surface area contributed by atoms with E-state index in [-0.39, 0.29) is 17.6 Å². The van der Waals surface area contributed by atoms with Crippen LogP contribution in [-0.4, -0.2) is 50.9 Å². The van der Waals surface area contributed by atoms with Crippen molar-refractivity contribution in [1.29, 1.82) is 0 Å². The number of hydrogen-bond donors (Lipinski definition) is 0. The summed E-state index contributed by atoms with van der Waals surface area (Å²) in [5.41, 5.74) is 0.915. The number of methoxy groups -OCH3 is 1. The molecule has 0 spiro atoms. The van der Waals surface area contributed by atoms with Crippen LogP contribution in [0.1, 0.15) is 12.8 Å². The van der Waals surface area contributed by atoms with Gasteiger partial charge in [-0.05, 0) is 30.7 Å². The maximum atomic E-state index is 12.1. The molecule has 1 aromatic carbocycles. The number of imide groups is 1. The number of hydrogen-bond acceptors (Lipinski definition) is 6. The Hall–Kier alpha value is -2.35. The summed E-state index contributed by atoms with van der Waals surface area (Å²) in [7, 11) is 3.47. The zero-order chi connectivity index (χ0) is 17.1. The van der Waals surface area contributed by atoms with Crippen molar-refractivity contribution in [2.75, 3.05) is 19.4 Å². The van der Waals surface area contributed by atoms with Crippen LogP contribution in [0.4, 0.5) is 0 Å². The lowest BCUT2D eigenvalue weighted by Gasteiger charge is -2.12. The van der Waals surface area contributed by atoms with Crippen LogP contribution in [0, 0.1) is 0 Å². The molecule has 7 nitrogen and oxygen atoms in total. The Kier molecular flexibility index (Phi) is 4.84. The average molecular weight is 346 g/mol. The van der Waals surface area contributed by atoms with E-state index >= 15 is 0 Å². The highest BCUT2D eigenvalue weighted by Gasteiger charge is 2.26. The molecule has 0 N–H and O–H groups in total. The predicted molar refractivity (Wildman–Crippen MR) is 89.7 cm³/mol. The lowest BCUT2D eigenvalue weighted by Crippen LogP contribution is -2.33. The van der Waals surface area contributed by atoms with Gasteiger partial charge in [0.05, 0.1) is 12.9 Å². The van der Waals surface area contributed by atoms with E-state index in [9.17, 15) is 9.59 Å². The Morgan fingerprint density at radius 3 is 2.67 bits per heavy atom. The number of carbonyl (C=O) groups is 2. The average Bonchev–Trinajstić information content (AvgIpc) is 3.19. The van der Waals surface area contributed by atoms with Crippen LogP contribution in [0.3, 0.4) is 0 Å². The van der Waals surface area contributed by atoms with Crippen molar-refractivity contribution >= 4 is 23.6 Å². The maximum Gasteiger partial charge on any atom is 0.239 e. The van der Waals surface area contributed by atoms with Crippen LogP contribution in [0.25, 0.3) is 11.4 Å². The third-order valence-corrected chi connectivity index (χ3v) is 4.89. The minimum Gasteiger partial charge on any atom is -0.497 e. The van der Waals surface area contributed by atoms with E-state index in [2.05, 4.69) is 10.2 Å². The van der Waals surface area contributed by atoms with Crippen molar-refractivity contribution in [3.05, 3.63) is 24.3 Å². The predicted octanol–water partition coefficient (Wildman–Crippen LogP) is 1.73. The first-order chi connectivity index (χ1) is 11.6. The molecule has 1 aliphatic heterocycles. The van der Waals surface area contributed by atoms with Crippen LogP contribution in [0.15, 0.2) is 29.4 Å². The normalized spacial score (nSPS) is 14.2. The Balaban J connectivity index is 1.68. The number of nitrogens with zero attached hydrogens (tertiary/aromatic N) is 4. The standard InChI is InChI=1S/C16H18N4O3S/c1-19-15(11-5-7-12(23-2)8-6-11)17-18-16(19)24-10-14(22)20-9-3-4-13(20)21/h5-8H,3-4,9-10H2,1-2H3. The second-order valence-corrected chi connectivity index (χ2v) is 6.37. The number of benzene rings is 1. The van der Waals surface area contributed by atoms with Gasteiger partial charge >= 0.3 is 0 Å². The zero-order valence-corrected chi connectivity index (χ0v) is 14.4. The highest BCUT2D eigenvalue weighted by molar-refractivity contribution is 7.99. The molecule has 0 bridgehead atoms. The number of amides is 2. The van der Waals surface area contributed by atoms with Gasteiger partial charge in [-0.3, -0.25) is 14.5 Å². The second kappa shape index (κ2) is 7.04. The molecule has 0 atom stereocenters. The number of carbonyl (C=O) groups excluding carboxylic acids is 2. The molecule has 24 heavy (non-hydrogen) atoms. The largest absolute Gasteiger partial charge is 0.497 e. The third kappa shape index (κ3) is 3.28. The highest BCUT2D eigenvalue weighted by atomic mass is 32.2. The summed E-state index contributed by atoms with van der Waals surface area (Å²) in [5.74, 6) is 1.41. The number of ether oxygens (including phenoxy) is 1. The summed E-state index contributed by atoms with van der Waals surface area (Å²) >= 11 is 1.29. The van der Waals surface area contributed by atoms with Gasteiger partial charge in [0.1, 0.15) is 5.75 Å². The van der Waals surface area contributed by atoms with Crippen molar-refractivity contribution in [3.8, 4) is 17.1 Å². The fraction of sp³-hybridized carbons (Fsp3) is 0.375. The first-order valence-electron chi connectivity index (χ1n) is 7.60. The van der Waals surface area contributed by atoms with Crippen LogP contribution < -0.4 is 4.74 Å². The van der Waals surface area contributed by atoms with Gasteiger partial charge in [-0.15, -0.1) is 10.2 Å². The van der Waals surface area contributed by atoms with Crippen molar-refractivity contribution < 1.29 is 14.3 Å². The van der Waals surface area contributed by atoms with E-state index in [1.54, 1.807) is 7.11 Å². The number of likely N-dealkylation sites (tertiary alicyclic amines) is 1. The van der Waals surface area contributed by atoms with Gasteiger partial charge in [-0.25, -0.2) is 0 Å². The minimum atomic E-state index is -0.170. The first-order valence-corrected chi connectivity index (χ1v) is 8.58. The van der Waals surface area contributed by atoms with Crippen molar-refractivity contribution in [2.24, 2.45) is 7.05 Å². The van der Waals surface area contributed by atoms with Crippen molar-refractivity contribution in [2.45, 2.75) is 18.0 Å². The van der Waals surface area contributed by atoms with Gasteiger partial charge in [-0.2, -0.15) is 0 Å². The Morgan fingerprint density at radius 2 is 2.04 bits per heavy atom. The fourth-order valence-electron chi connectivity index (χ4n) is 2.55. The molecule has 1 aliphatic rings. The molecule has 1 aromatic heterocycles. The van der Waals surface area contributed by atoms with E-state index in [1.807, 2.05) is 35.9 Å². The molecule has 1 saturated heterocycles. The summed E-state index contributed by atoms with van der Waals surface area (Å²) < 4.78 is 6.99. The smallest absolute Gasteiger partial charge is 0.239 e. The molecule has 0 unspecified atom stereocenters. The molecule has 1 fully saturated rings. The van der Waals surface area contributed by atoms with E-state index in [1.165, 1.54) is 16.7 Å². The van der Waals surface area contributed by atoms with E-state index < -0.39 is 0 Å². The molecule has 0 radical (unpaired) electrons. The molecule has 0 aliphatic carbocycles. The van der Waals surface area contributed by atoms with Gasteiger partial charge < -0.3 is 9.30 Å². The van der Waals surface area contributed by atoms with Gasteiger partial charge in [0.15, 0.2) is 11.0 Å². The molecule has 126 valence electrons. The van der Waals surface area contributed by atoms with Crippen LogP contribution in [0.2, 0.25) is 0 Å². The summed E-state index contributed by atoms with van der Waals surface area (Å²) in [6.45, 7) is 0.522. The minimum absolute atomic E-state index is 0.0857. The zero-order valence-electron chi connectivity index (χ0n) is 13.6. The molecule has 0 saturated carbocycles. The fourth-order valence-corrected chi connectivity index (χ4v) is 3.34. The number of thioether (sulfide) groups is 1. The second-order valence-electron chi connectivity index (χ2n) is 5.43. The summed E-state index contributed by atoms with van der Waals surface area (Å²) in [5, 5.41) is 8.97. The monoisotopic (exact) mass is 346 g/mol. The quantitative estimate of drug-likeness (QED) is 0.768. The van der Waals surface area contributed by atoms with E-state index in [0.717, 1.165) is 17.7 Å². The lowest BCUT2D eigenvalue weighted by atomic mass is 10.2. The SMILES string of the molecule is COc1ccc(-c2nnc(SCC(=O)N3CCCC3=O)n2C)cc1. The first kappa shape index (κ1) is 16.5. The van der Waals surface area contributed by atoms with Crippen LogP contribution in [0.5, 0.6) is 5.75 Å². The van der Waals surface area contributed by atoms with Crippen LogP contribution in [-0.2, 0) is 16.6 Å². The molecule has 3 rings (SSSR count). The summed E-state index contributed by atoms with van der Waals surface area (Å²) in [6, 6.07) is 7.54.